The van der Waals surface area contributed by atoms with Gasteiger partial charge < -0.3 is 10.1 Å². The second-order valence-corrected chi connectivity index (χ2v) is 7.97. The molecule has 1 aliphatic rings. The van der Waals surface area contributed by atoms with Crippen molar-refractivity contribution in [2.75, 3.05) is 32.5 Å². The van der Waals surface area contributed by atoms with Crippen LogP contribution in [-0.2, 0) is 10.0 Å². The van der Waals surface area contributed by atoms with Gasteiger partial charge in [0.15, 0.2) is 0 Å². The largest absolute Gasteiger partial charge is 0.492 e. The van der Waals surface area contributed by atoms with Gasteiger partial charge in [-0.2, -0.15) is 0 Å². The lowest BCUT2D eigenvalue weighted by Gasteiger charge is -2.30. The van der Waals surface area contributed by atoms with Crippen molar-refractivity contribution in [1.82, 2.24) is 9.62 Å². The van der Waals surface area contributed by atoms with Crippen molar-refractivity contribution in [2.24, 2.45) is 0 Å². The van der Waals surface area contributed by atoms with Crippen molar-refractivity contribution in [3.05, 3.63) is 29.3 Å². The van der Waals surface area contributed by atoms with E-state index in [1.54, 1.807) is 4.31 Å². The number of hydrogen-bond acceptors (Lipinski definition) is 4. The molecule has 0 bridgehead atoms. The molecule has 1 aliphatic heterocycles. The number of hydrogen-bond donors (Lipinski definition) is 1. The summed E-state index contributed by atoms with van der Waals surface area (Å²) in [6.45, 7) is 6.77. The second kappa shape index (κ2) is 7.44. The molecular formula is C16H26N2O3S. The Morgan fingerprint density at radius 1 is 1.23 bits per heavy atom. The van der Waals surface area contributed by atoms with E-state index in [0.717, 1.165) is 25.1 Å². The number of nitrogens with one attached hydrogen (secondary N) is 1. The number of piperidine rings is 1. The molecular weight excluding hydrogens is 300 g/mol. The molecule has 0 saturated carbocycles. The summed E-state index contributed by atoms with van der Waals surface area (Å²) in [5, 5.41) is 3.44. The van der Waals surface area contributed by atoms with Crippen LogP contribution in [0.4, 0.5) is 0 Å². The fraction of sp³-hybridized carbons (Fsp3) is 0.625. The molecule has 0 aromatic heterocycles. The summed E-state index contributed by atoms with van der Waals surface area (Å²) in [4.78, 5) is 0. The van der Waals surface area contributed by atoms with Crippen molar-refractivity contribution < 1.29 is 13.2 Å². The quantitative estimate of drug-likeness (QED) is 0.808. The molecule has 124 valence electrons. The van der Waals surface area contributed by atoms with Gasteiger partial charge in [0.05, 0.1) is 6.26 Å². The van der Waals surface area contributed by atoms with Gasteiger partial charge in [0, 0.05) is 25.7 Å². The molecule has 0 atom stereocenters. The summed E-state index contributed by atoms with van der Waals surface area (Å²) < 4.78 is 30.2. The van der Waals surface area contributed by atoms with Gasteiger partial charge in [-0.1, -0.05) is 6.07 Å². The Hall–Kier alpha value is -1.11. The Bertz CT molecular complexity index is 593. The monoisotopic (exact) mass is 326 g/mol. The van der Waals surface area contributed by atoms with Crippen molar-refractivity contribution in [2.45, 2.75) is 32.7 Å². The third-order valence-corrected chi connectivity index (χ3v) is 5.51. The van der Waals surface area contributed by atoms with Crippen LogP contribution in [0.15, 0.2) is 18.2 Å². The van der Waals surface area contributed by atoms with Crippen LogP contribution in [-0.4, -0.2) is 51.3 Å². The highest BCUT2D eigenvalue weighted by atomic mass is 32.2. The van der Waals surface area contributed by atoms with Crippen LogP contribution in [0.25, 0.3) is 0 Å². The minimum Gasteiger partial charge on any atom is -0.492 e. The minimum absolute atomic E-state index is 0.376. The molecule has 22 heavy (non-hydrogen) atoms. The molecule has 1 saturated heterocycles. The van der Waals surface area contributed by atoms with Gasteiger partial charge in [-0.3, -0.25) is 0 Å². The lowest BCUT2D eigenvalue weighted by Crippen LogP contribution is -2.45. The third kappa shape index (κ3) is 4.97. The first-order chi connectivity index (χ1) is 10.4. The number of ether oxygens (including phenoxy) is 1. The average molecular weight is 326 g/mol. The summed E-state index contributed by atoms with van der Waals surface area (Å²) in [5.74, 6) is 0.900. The van der Waals surface area contributed by atoms with Gasteiger partial charge in [-0.15, -0.1) is 0 Å². The molecule has 1 aromatic carbocycles. The molecule has 1 fully saturated rings. The first-order valence-electron chi connectivity index (χ1n) is 7.75. The van der Waals surface area contributed by atoms with Crippen LogP contribution in [0.1, 0.15) is 24.0 Å². The number of nitrogens with zero attached hydrogens (tertiary/aromatic N) is 1. The van der Waals surface area contributed by atoms with Crippen LogP contribution >= 0.6 is 0 Å². The maximum Gasteiger partial charge on any atom is 0.211 e. The van der Waals surface area contributed by atoms with Crippen LogP contribution < -0.4 is 10.1 Å². The van der Waals surface area contributed by atoms with Crippen LogP contribution in [0.3, 0.4) is 0 Å². The zero-order valence-electron chi connectivity index (χ0n) is 13.6. The molecule has 0 amide bonds. The highest BCUT2D eigenvalue weighted by molar-refractivity contribution is 7.88. The zero-order valence-corrected chi connectivity index (χ0v) is 14.4. The Balaban J connectivity index is 1.66. The van der Waals surface area contributed by atoms with Crippen molar-refractivity contribution in [3.63, 3.8) is 0 Å². The molecule has 1 heterocycles. The van der Waals surface area contributed by atoms with Gasteiger partial charge >= 0.3 is 0 Å². The summed E-state index contributed by atoms with van der Waals surface area (Å²) in [5.41, 5.74) is 2.50. The van der Waals surface area contributed by atoms with Gasteiger partial charge in [0.2, 0.25) is 10.0 Å². The summed E-state index contributed by atoms with van der Waals surface area (Å²) in [6, 6.07) is 6.49. The van der Waals surface area contributed by atoms with Gasteiger partial charge in [0.25, 0.3) is 0 Å². The van der Waals surface area contributed by atoms with Crippen molar-refractivity contribution in [1.29, 1.82) is 0 Å². The molecule has 0 spiro atoms. The van der Waals surface area contributed by atoms with E-state index in [-0.39, 0.29) is 0 Å². The summed E-state index contributed by atoms with van der Waals surface area (Å²) in [6.07, 6.45) is 2.99. The smallest absolute Gasteiger partial charge is 0.211 e. The Labute approximate surface area is 133 Å². The van der Waals surface area contributed by atoms with Crippen LogP contribution in [0.2, 0.25) is 0 Å². The lowest BCUT2D eigenvalue weighted by atomic mass is 10.1. The van der Waals surface area contributed by atoms with E-state index in [4.69, 9.17) is 4.74 Å². The van der Waals surface area contributed by atoms with E-state index in [9.17, 15) is 8.42 Å². The number of sulfonamides is 1. The van der Waals surface area contributed by atoms with E-state index in [1.165, 1.54) is 17.4 Å². The SMILES string of the molecule is Cc1ccc(OCCNC2CCN(S(C)(=O)=O)CC2)cc1C. The predicted octanol–water partition coefficient (Wildman–Crippen LogP) is 1.70. The first-order valence-corrected chi connectivity index (χ1v) is 9.59. The standard InChI is InChI=1S/C16H26N2O3S/c1-13-4-5-16(12-14(13)2)21-11-8-17-15-6-9-18(10-7-15)22(3,19)20/h4-5,12,15,17H,6-11H2,1-3H3. The summed E-state index contributed by atoms with van der Waals surface area (Å²) in [7, 11) is -3.04. The predicted molar refractivity (Wildman–Crippen MR) is 88.9 cm³/mol. The average Bonchev–Trinajstić information content (AvgIpc) is 2.47. The Morgan fingerprint density at radius 2 is 1.91 bits per heavy atom. The molecule has 0 unspecified atom stereocenters. The first kappa shape index (κ1) is 17.2. The molecule has 5 nitrogen and oxygen atoms in total. The van der Waals surface area contributed by atoms with E-state index >= 15 is 0 Å². The second-order valence-electron chi connectivity index (χ2n) is 5.98. The van der Waals surface area contributed by atoms with E-state index in [1.807, 2.05) is 6.07 Å². The number of aryl methyl sites for hydroxylation is 2. The molecule has 1 aromatic rings. The van der Waals surface area contributed by atoms with Gasteiger partial charge in [-0.25, -0.2) is 12.7 Å². The van der Waals surface area contributed by atoms with Crippen molar-refractivity contribution >= 4 is 10.0 Å². The Kier molecular flexibility index (Phi) is 5.83. The highest BCUT2D eigenvalue weighted by Crippen LogP contribution is 2.16. The highest BCUT2D eigenvalue weighted by Gasteiger charge is 2.24. The fourth-order valence-corrected chi connectivity index (χ4v) is 3.50. The summed E-state index contributed by atoms with van der Waals surface area (Å²) >= 11 is 0. The Morgan fingerprint density at radius 3 is 2.50 bits per heavy atom. The minimum atomic E-state index is -3.04. The number of rotatable bonds is 6. The molecule has 6 heteroatoms. The van der Waals surface area contributed by atoms with Crippen LogP contribution in [0, 0.1) is 13.8 Å². The third-order valence-electron chi connectivity index (χ3n) is 4.21. The van der Waals surface area contributed by atoms with Crippen molar-refractivity contribution in [3.8, 4) is 5.75 Å². The van der Waals surface area contributed by atoms with Crippen LogP contribution in [0.5, 0.6) is 5.75 Å². The van der Waals surface area contributed by atoms with E-state index < -0.39 is 10.0 Å². The molecule has 2 rings (SSSR count). The molecule has 1 N–H and O–H groups in total. The van der Waals surface area contributed by atoms with Gasteiger partial charge in [0.1, 0.15) is 12.4 Å². The lowest BCUT2D eigenvalue weighted by molar-refractivity contribution is 0.263. The maximum absolute atomic E-state index is 11.4. The maximum atomic E-state index is 11.4. The fourth-order valence-electron chi connectivity index (χ4n) is 2.63. The van der Waals surface area contributed by atoms with Gasteiger partial charge in [-0.05, 0) is 49.9 Å². The normalized spacial score (nSPS) is 17.6. The van der Waals surface area contributed by atoms with E-state index in [2.05, 4.69) is 31.3 Å². The van der Waals surface area contributed by atoms with E-state index in [0.29, 0.717) is 25.7 Å². The topological polar surface area (TPSA) is 58.6 Å². The zero-order chi connectivity index (χ0) is 16.2. The number of benzene rings is 1. The molecule has 0 aliphatic carbocycles. The molecule has 0 radical (unpaired) electrons.